The van der Waals surface area contributed by atoms with E-state index in [2.05, 4.69) is 0 Å². The van der Waals surface area contributed by atoms with Crippen molar-refractivity contribution in [2.45, 2.75) is 19.8 Å². The topological polar surface area (TPSA) is 63.6 Å². The normalized spacial score (nSPS) is 10.4. The van der Waals surface area contributed by atoms with Crippen molar-refractivity contribution in [1.29, 1.82) is 0 Å². The van der Waals surface area contributed by atoms with E-state index in [4.69, 9.17) is 4.74 Å². The van der Waals surface area contributed by atoms with Crippen molar-refractivity contribution in [3.05, 3.63) is 53.6 Å². The van der Waals surface area contributed by atoms with Crippen molar-refractivity contribution in [1.82, 2.24) is 0 Å². The highest BCUT2D eigenvalue weighted by atomic mass is 19.1. The second-order valence-electron chi connectivity index (χ2n) is 4.86. The second-order valence-corrected chi connectivity index (χ2v) is 4.86. The van der Waals surface area contributed by atoms with Gasteiger partial charge in [-0.05, 0) is 36.2 Å². The number of hydrogen-bond donors (Lipinski definition) is 1. The Morgan fingerprint density at radius 2 is 1.87 bits per heavy atom. The minimum Gasteiger partial charge on any atom is -0.478 e. The largest absolute Gasteiger partial charge is 0.478 e. The van der Waals surface area contributed by atoms with Gasteiger partial charge in [-0.1, -0.05) is 13.0 Å². The van der Waals surface area contributed by atoms with Gasteiger partial charge >= 0.3 is 11.9 Å². The average Bonchev–Trinajstić information content (AvgIpc) is 2.48. The first-order valence-corrected chi connectivity index (χ1v) is 6.95. The molecule has 0 radical (unpaired) electrons. The van der Waals surface area contributed by atoms with E-state index in [0.717, 1.165) is 6.07 Å². The molecule has 2 rings (SSSR count). The number of ether oxygens (including phenoxy) is 1. The third-order valence-electron chi connectivity index (χ3n) is 3.13. The number of esters is 1. The van der Waals surface area contributed by atoms with Gasteiger partial charge in [0.15, 0.2) is 0 Å². The molecule has 0 atom stereocenters. The number of hydrogen-bond acceptors (Lipinski definition) is 3. The molecule has 0 bridgehead atoms. The number of carbonyl (C=O) groups is 2. The molecule has 0 aliphatic carbocycles. The van der Waals surface area contributed by atoms with Crippen LogP contribution in [-0.2, 0) is 4.79 Å². The number of carboxylic acids is 1. The minimum atomic E-state index is -1.31. The summed E-state index contributed by atoms with van der Waals surface area (Å²) in [4.78, 5) is 22.9. The molecule has 0 aliphatic heterocycles. The zero-order valence-corrected chi connectivity index (χ0v) is 12.3. The predicted molar refractivity (Wildman–Crippen MR) is 79.3 cm³/mol. The molecule has 1 N–H and O–H groups in total. The fraction of sp³-hybridized carbons (Fsp3) is 0.176. The molecular formula is C17H14F2O4. The third kappa shape index (κ3) is 3.91. The Hall–Kier alpha value is -2.76. The van der Waals surface area contributed by atoms with Crippen LogP contribution in [-0.4, -0.2) is 17.0 Å². The molecule has 4 nitrogen and oxygen atoms in total. The number of halogens is 2. The summed E-state index contributed by atoms with van der Waals surface area (Å²) >= 11 is 0. The van der Waals surface area contributed by atoms with Crippen molar-refractivity contribution < 1.29 is 28.2 Å². The number of carboxylic acid groups (broad SMARTS) is 1. The van der Waals surface area contributed by atoms with E-state index < -0.39 is 23.6 Å². The van der Waals surface area contributed by atoms with Crippen LogP contribution in [0.15, 0.2) is 36.4 Å². The zero-order valence-electron chi connectivity index (χ0n) is 12.3. The van der Waals surface area contributed by atoms with E-state index in [9.17, 15) is 23.5 Å². The molecule has 2 aromatic rings. The summed E-state index contributed by atoms with van der Waals surface area (Å²) in [5.74, 6) is -3.50. The molecule has 0 aromatic heterocycles. The molecule has 0 saturated heterocycles. The van der Waals surface area contributed by atoms with Gasteiger partial charge in [-0.3, -0.25) is 4.79 Å². The van der Waals surface area contributed by atoms with Gasteiger partial charge in [-0.15, -0.1) is 0 Å². The van der Waals surface area contributed by atoms with Crippen LogP contribution in [0.25, 0.3) is 11.1 Å². The van der Waals surface area contributed by atoms with Gasteiger partial charge < -0.3 is 9.84 Å². The maximum absolute atomic E-state index is 13.8. The number of benzene rings is 2. The Morgan fingerprint density at radius 1 is 1.13 bits per heavy atom. The van der Waals surface area contributed by atoms with E-state index in [1.54, 1.807) is 6.92 Å². The first kappa shape index (κ1) is 16.6. The average molecular weight is 320 g/mol. The first-order valence-electron chi connectivity index (χ1n) is 6.95. The second kappa shape index (κ2) is 7.00. The lowest BCUT2D eigenvalue weighted by atomic mass is 10.0. The van der Waals surface area contributed by atoms with Crippen molar-refractivity contribution in [2.75, 3.05) is 0 Å². The molecule has 2 aromatic carbocycles. The monoisotopic (exact) mass is 320 g/mol. The van der Waals surface area contributed by atoms with Crippen LogP contribution in [0.5, 0.6) is 5.75 Å². The van der Waals surface area contributed by atoms with Gasteiger partial charge in [0, 0.05) is 18.1 Å². The molecule has 0 spiro atoms. The van der Waals surface area contributed by atoms with Crippen LogP contribution in [0.4, 0.5) is 8.78 Å². The Labute approximate surface area is 131 Å². The van der Waals surface area contributed by atoms with Gasteiger partial charge in [-0.25, -0.2) is 13.6 Å². The highest BCUT2D eigenvalue weighted by molar-refractivity contribution is 5.93. The van der Waals surface area contributed by atoms with E-state index in [-0.39, 0.29) is 28.9 Å². The van der Waals surface area contributed by atoms with Gasteiger partial charge in [0.25, 0.3) is 0 Å². The summed E-state index contributed by atoms with van der Waals surface area (Å²) < 4.78 is 31.8. The fourth-order valence-corrected chi connectivity index (χ4v) is 2.06. The van der Waals surface area contributed by atoms with Gasteiger partial charge in [-0.2, -0.15) is 0 Å². The molecule has 0 aliphatic rings. The standard InChI is InChI=1S/C17H14F2O4/c1-2-3-16(20)23-15-7-4-10(8-13(15)17(21)22)12-6-5-11(18)9-14(12)19/h4-9H,2-3H2,1H3,(H,21,22). The summed E-state index contributed by atoms with van der Waals surface area (Å²) in [7, 11) is 0. The quantitative estimate of drug-likeness (QED) is 0.667. The van der Waals surface area contributed by atoms with Crippen LogP contribution < -0.4 is 4.74 Å². The summed E-state index contributed by atoms with van der Waals surface area (Å²) in [6.07, 6.45) is 0.730. The molecule has 0 unspecified atom stereocenters. The van der Waals surface area contributed by atoms with Crippen molar-refractivity contribution in [2.24, 2.45) is 0 Å². The molecule has 0 amide bonds. The van der Waals surface area contributed by atoms with Crippen LogP contribution in [0.3, 0.4) is 0 Å². The Morgan fingerprint density at radius 3 is 2.48 bits per heavy atom. The van der Waals surface area contributed by atoms with Crippen molar-refractivity contribution in [3.63, 3.8) is 0 Å². The summed E-state index contributed by atoms with van der Waals surface area (Å²) in [5, 5.41) is 9.25. The maximum atomic E-state index is 13.8. The molecule has 0 fully saturated rings. The molecule has 0 heterocycles. The van der Waals surface area contributed by atoms with E-state index in [0.29, 0.717) is 12.5 Å². The molecule has 6 heteroatoms. The Kier molecular flexibility index (Phi) is 5.05. The zero-order chi connectivity index (χ0) is 17.0. The van der Waals surface area contributed by atoms with Crippen LogP contribution in [0, 0.1) is 11.6 Å². The minimum absolute atomic E-state index is 0.0559. The maximum Gasteiger partial charge on any atom is 0.339 e. The Balaban J connectivity index is 2.43. The van der Waals surface area contributed by atoms with Gasteiger partial charge in [0.1, 0.15) is 22.9 Å². The predicted octanol–water partition coefficient (Wildman–Crippen LogP) is 4.04. The fourth-order valence-electron chi connectivity index (χ4n) is 2.06. The van der Waals surface area contributed by atoms with Crippen LogP contribution in [0.1, 0.15) is 30.1 Å². The Bertz CT molecular complexity index is 756. The highest BCUT2D eigenvalue weighted by Crippen LogP contribution is 2.29. The summed E-state index contributed by atoms with van der Waals surface area (Å²) in [6, 6.07) is 6.90. The molecule has 0 saturated carbocycles. The van der Waals surface area contributed by atoms with E-state index in [1.807, 2.05) is 0 Å². The number of rotatable bonds is 5. The summed E-state index contributed by atoms with van der Waals surface area (Å²) in [5.41, 5.74) is 0.0335. The van der Waals surface area contributed by atoms with Crippen LogP contribution in [0.2, 0.25) is 0 Å². The first-order chi connectivity index (χ1) is 10.9. The lowest BCUT2D eigenvalue weighted by Gasteiger charge is -2.10. The van der Waals surface area contributed by atoms with E-state index >= 15 is 0 Å². The van der Waals surface area contributed by atoms with Crippen LogP contribution >= 0.6 is 0 Å². The van der Waals surface area contributed by atoms with Gasteiger partial charge in [0.05, 0.1) is 0 Å². The van der Waals surface area contributed by atoms with Gasteiger partial charge in [0.2, 0.25) is 0 Å². The van der Waals surface area contributed by atoms with Crippen molar-refractivity contribution in [3.8, 4) is 16.9 Å². The number of carbonyl (C=O) groups excluding carboxylic acids is 1. The highest BCUT2D eigenvalue weighted by Gasteiger charge is 2.17. The lowest BCUT2D eigenvalue weighted by Crippen LogP contribution is -2.10. The summed E-state index contributed by atoms with van der Waals surface area (Å²) in [6.45, 7) is 1.79. The SMILES string of the molecule is CCCC(=O)Oc1ccc(-c2ccc(F)cc2F)cc1C(=O)O. The molecule has 120 valence electrons. The smallest absolute Gasteiger partial charge is 0.339 e. The molecular weight excluding hydrogens is 306 g/mol. The molecule has 23 heavy (non-hydrogen) atoms. The third-order valence-corrected chi connectivity index (χ3v) is 3.13. The van der Waals surface area contributed by atoms with Crippen molar-refractivity contribution >= 4 is 11.9 Å². The van der Waals surface area contributed by atoms with E-state index in [1.165, 1.54) is 24.3 Å². The lowest BCUT2D eigenvalue weighted by molar-refractivity contribution is -0.134. The number of aromatic carboxylic acids is 1.